The fourth-order valence-electron chi connectivity index (χ4n) is 2.23. The Bertz CT molecular complexity index is 369. The van der Waals surface area contributed by atoms with Crippen molar-refractivity contribution in [1.82, 2.24) is 0 Å². The lowest BCUT2D eigenvalue weighted by Crippen LogP contribution is -2.01. The predicted molar refractivity (Wildman–Crippen MR) is 57.9 cm³/mol. The van der Waals surface area contributed by atoms with Crippen molar-refractivity contribution < 1.29 is 9.84 Å². The van der Waals surface area contributed by atoms with Crippen LogP contribution in [0.3, 0.4) is 0 Å². The Morgan fingerprint density at radius 2 is 2.13 bits per heavy atom. The normalized spacial score (nSPS) is 23.9. The molecule has 0 aliphatic heterocycles. The standard InChI is InChI=1S/C13H16O2/c14-12-7-6-11-10(12)2-1-3-13(11)15-8-9-4-5-9/h1-3,9,12,14H,4-8H2. The van der Waals surface area contributed by atoms with Crippen LogP contribution in [0.15, 0.2) is 18.2 Å². The van der Waals surface area contributed by atoms with Gasteiger partial charge in [0.25, 0.3) is 0 Å². The molecule has 1 unspecified atom stereocenters. The number of aliphatic hydroxyl groups excluding tert-OH is 1. The maximum absolute atomic E-state index is 9.74. The highest BCUT2D eigenvalue weighted by atomic mass is 16.5. The number of hydrogen-bond donors (Lipinski definition) is 1. The summed E-state index contributed by atoms with van der Waals surface area (Å²) in [6.45, 7) is 0.854. The van der Waals surface area contributed by atoms with Crippen LogP contribution in [0, 0.1) is 5.92 Å². The van der Waals surface area contributed by atoms with E-state index in [-0.39, 0.29) is 6.10 Å². The molecule has 3 rings (SSSR count). The molecule has 1 aromatic rings. The second-order valence-electron chi connectivity index (χ2n) is 4.63. The van der Waals surface area contributed by atoms with E-state index in [4.69, 9.17) is 4.74 Å². The first-order chi connectivity index (χ1) is 7.34. The van der Waals surface area contributed by atoms with Crippen LogP contribution in [-0.2, 0) is 6.42 Å². The molecule has 1 fully saturated rings. The molecule has 0 heterocycles. The zero-order chi connectivity index (χ0) is 10.3. The summed E-state index contributed by atoms with van der Waals surface area (Å²) in [7, 11) is 0. The summed E-state index contributed by atoms with van der Waals surface area (Å²) < 4.78 is 5.81. The van der Waals surface area contributed by atoms with Gasteiger partial charge in [-0.2, -0.15) is 0 Å². The lowest BCUT2D eigenvalue weighted by Gasteiger charge is -2.10. The van der Waals surface area contributed by atoms with Crippen molar-refractivity contribution in [2.75, 3.05) is 6.61 Å². The van der Waals surface area contributed by atoms with Gasteiger partial charge >= 0.3 is 0 Å². The molecule has 0 amide bonds. The second kappa shape index (κ2) is 3.53. The van der Waals surface area contributed by atoms with Crippen LogP contribution in [0.25, 0.3) is 0 Å². The summed E-state index contributed by atoms with van der Waals surface area (Å²) in [5.74, 6) is 1.78. The number of benzene rings is 1. The molecule has 2 heteroatoms. The van der Waals surface area contributed by atoms with E-state index < -0.39 is 0 Å². The minimum absolute atomic E-state index is 0.274. The summed E-state index contributed by atoms with van der Waals surface area (Å²) in [6, 6.07) is 6.02. The van der Waals surface area contributed by atoms with E-state index in [1.807, 2.05) is 18.2 Å². The van der Waals surface area contributed by atoms with Gasteiger partial charge in [0.15, 0.2) is 0 Å². The first kappa shape index (κ1) is 9.22. The van der Waals surface area contributed by atoms with Crippen LogP contribution in [0.2, 0.25) is 0 Å². The Labute approximate surface area is 89.9 Å². The third-order valence-corrected chi connectivity index (χ3v) is 3.37. The maximum atomic E-state index is 9.74. The zero-order valence-electron chi connectivity index (χ0n) is 8.78. The number of fused-ring (bicyclic) bond motifs is 1. The molecule has 0 spiro atoms. The maximum Gasteiger partial charge on any atom is 0.122 e. The van der Waals surface area contributed by atoms with Gasteiger partial charge in [0.05, 0.1) is 12.7 Å². The first-order valence-corrected chi connectivity index (χ1v) is 5.77. The largest absolute Gasteiger partial charge is 0.493 e. The molecule has 80 valence electrons. The van der Waals surface area contributed by atoms with Crippen molar-refractivity contribution in [3.8, 4) is 5.75 Å². The van der Waals surface area contributed by atoms with Crippen molar-refractivity contribution >= 4 is 0 Å². The van der Waals surface area contributed by atoms with Gasteiger partial charge in [0.2, 0.25) is 0 Å². The van der Waals surface area contributed by atoms with Crippen molar-refractivity contribution in [3.63, 3.8) is 0 Å². The van der Waals surface area contributed by atoms with Crippen LogP contribution in [0.1, 0.15) is 36.5 Å². The molecule has 15 heavy (non-hydrogen) atoms. The SMILES string of the molecule is OC1CCc2c(OCC3CC3)cccc21. The highest BCUT2D eigenvalue weighted by Crippen LogP contribution is 2.37. The van der Waals surface area contributed by atoms with Gasteiger partial charge in [0, 0.05) is 5.56 Å². The smallest absolute Gasteiger partial charge is 0.122 e. The number of ether oxygens (including phenoxy) is 1. The van der Waals surface area contributed by atoms with Gasteiger partial charge < -0.3 is 9.84 Å². The van der Waals surface area contributed by atoms with E-state index in [1.165, 1.54) is 18.4 Å². The Hall–Kier alpha value is -1.02. The molecule has 1 N–H and O–H groups in total. The first-order valence-electron chi connectivity index (χ1n) is 5.77. The molecule has 0 saturated heterocycles. The van der Waals surface area contributed by atoms with Crippen LogP contribution in [0.5, 0.6) is 5.75 Å². The quantitative estimate of drug-likeness (QED) is 0.819. The minimum Gasteiger partial charge on any atom is -0.493 e. The van der Waals surface area contributed by atoms with Crippen LogP contribution in [-0.4, -0.2) is 11.7 Å². The van der Waals surface area contributed by atoms with Gasteiger partial charge in [-0.15, -0.1) is 0 Å². The van der Waals surface area contributed by atoms with E-state index in [2.05, 4.69) is 0 Å². The Morgan fingerprint density at radius 3 is 2.93 bits per heavy atom. The van der Waals surface area contributed by atoms with E-state index in [9.17, 15) is 5.11 Å². The van der Waals surface area contributed by atoms with E-state index in [0.717, 1.165) is 36.7 Å². The predicted octanol–water partition coefficient (Wildman–Crippen LogP) is 2.46. The fourth-order valence-corrected chi connectivity index (χ4v) is 2.23. The van der Waals surface area contributed by atoms with Crippen molar-refractivity contribution in [3.05, 3.63) is 29.3 Å². The molecule has 2 nitrogen and oxygen atoms in total. The molecule has 2 aliphatic carbocycles. The summed E-state index contributed by atoms with van der Waals surface area (Å²) in [6.07, 6.45) is 4.16. The van der Waals surface area contributed by atoms with Crippen molar-refractivity contribution in [2.45, 2.75) is 31.8 Å². The zero-order valence-corrected chi connectivity index (χ0v) is 8.78. The minimum atomic E-state index is -0.274. The fraction of sp³-hybridized carbons (Fsp3) is 0.538. The van der Waals surface area contributed by atoms with Gasteiger partial charge in [-0.1, -0.05) is 12.1 Å². The molecule has 2 aliphatic rings. The molecule has 1 aromatic carbocycles. The summed E-state index contributed by atoms with van der Waals surface area (Å²) in [5, 5.41) is 9.74. The van der Waals surface area contributed by atoms with E-state index in [0.29, 0.717) is 0 Å². The van der Waals surface area contributed by atoms with Crippen molar-refractivity contribution in [1.29, 1.82) is 0 Å². The number of hydrogen-bond acceptors (Lipinski definition) is 2. The highest BCUT2D eigenvalue weighted by Gasteiger charge is 2.25. The molecular formula is C13H16O2. The Kier molecular flexibility index (Phi) is 2.17. The number of rotatable bonds is 3. The van der Waals surface area contributed by atoms with Crippen molar-refractivity contribution in [2.24, 2.45) is 5.92 Å². The third-order valence-electron chi connectivity index (χ3n) is 3.37. The highest BCUT2D eigenvalue weighted by molar-refractivity contribution is 5.44. The van der Waals surface area contributed by atoms with Gasteiger partial charge in [-0.05, 0) is 43.2 Å². The van der Waals surface area contributed by atoms with Crippen LogP contribution < -0.4 is 4.74 Å². The summed E-state index contributed by atoms with van der Waals surface area (Å²) in [4.78, 5) is 0. The lowest BCUT2D eigenvalue weighted by molar-refractivity contribution is 0.180. The molecule has 1 saturated carbocycles. The molecule has 0 radical (unpaired) electrons. The average Bonchev–Trinajstić information content (AvgIpc) is 3.01. The van der Waals surface area contributed by atoms with Gasteiger partial charge in [0.1, 0.15) is 5.75 Å². The molecular weight excluding hydrogens is 188 g/mol. The monoisotopic (exact) mass is 204 g/mol. The van der Waals surface area contributed by atoms with E-state index in [1.54, 1.807) is 0 Å². The Balaban J connectivity index is 1.81. The summed E-state index contributed by atoms with van der Waals surface area (Å²) in [5.41, 5.74) is 2.30. The lowest BCUT2D eigenvalue weighted by atomic mass is 10.1. The second-order valence-corrected chi connectivity index (χ2v) is 4.63. The topological polar surface area (TPSA) is 29.5 Å². The summed E-state index contributed by atoms with van der Waals surface area (Å²) >= 11 is 0. The van der Waals surface area contributed by atoms with Crippen LogP contribution >= 0.6 is 0 Å². The molecule has 0 aromatic heterocycles. The third kappa shape index (κ3) is 1.74. The average molecular weight is 204 g/mol. The Morgan fingerprint density at radius 1 is 1.27 bits per heavy atom. The van der Waals surface area contributed by atoms with Gasteiger partial charge in [-0.25, -0.2) is 0 Å². The number of aliphatic hydroxyl groups is 1. The van der Waals surface area contributed by atoms with Gasteiger partial charge in [-0.3, -0.25) is 0 Å². The molecule has 0 bridgehead atoms. The van der Waals surface area contributed by atoms with Crippen LogP contribution in [0.4, 0.5) is 0 Å². The van der Waals surface area contributed by atoms with E-state index >= 15 is 0 Å². The molecule has 1 atom stereocenters.